The molecule has 0 aromatic heterocycles. The molecule has 3 rings (SSSR count). The lowest BCUT2D eigenvalue weighted by molar-refractivity contribution is 0.282. The van der Waals surface area contributed by atoms with Gasteiger partial charge in [-0.2, -0.15) is 5.26 Å². The number of hydrogen-bond donors (Lipinski definition) is 0. The van der Waals surface area contributed by atoms with E-state index in [1.165, 1.54) is 0 Å². The topological polar surface area (TPSA) is 42.2 Å². The van der Waals surface area contributed by atoms with Crippen molar-refractivity contribution in [3.05, 3.63) is 91.0 Å². The smallest absolute Gasteiger partial charge is 0.174 e. The third-order valence-corrected chi connectivity index (χ3v) is 5.44. The van der Waals surface area contributed by atoms with E-state index in [0.717, 1.165) is 20.3 Å². The van der Waals surface area contributed by atoms with Gasteiger partial charge < -0.3 is 9.47 Å². The van der Waals surface area contributed by atoms with Crippen LogP contribution >= 0.6 is 45.8 Å². The fraction of sp³-hybridized carbons (Fsp3) is 0.0870. The van der Waals surface area contributed by atoms with Crippen LogP contribution in [0.2, 0.25) is 10.0 Å². The normalized spacial score (nSPS) is 11.1. The molecule has 146 valence electrons. The molecule has 0 heterocycles. The van der Waals surface area contributed by atoms with Crippen molar-refractivity contribution < 1.29 is 9.47 Å². The summed E-state index contributed by atoms with van der Waals surface area (Å²) in [4.78, 5) is 0. The molecule has 0 aliphatic heterocycles. The summed E-state index contributed by atoms with van der Waals surface area (Å²) in [6.07, 6.45) is 1.82. The zero-order valence-corrected chi connectivity index (χ0v) is 19.1. The number of rotatable bonds is 6. The average Bonchev–Trinajstić information content (AvgIpc) is 2.72. The van der Waals surface area contributed by atoms with Gasteiger partial charge in [0.05, 0.1) is 22.3 Å². The minimum Gasteiger partial charge on any atom is -0.493 e. The monoisotopic (exact) mass is 535 g/mol. The Kier molecular flexibility index (Phi) is 7.43. The quantitative estimate of drug-likeness (QED) is 0.190. The second kappa shape index (κ2) is 10.0. The van der Waals surface area contributed by atoms with E-state index in [-0.39, 0.29) is 0 Å². The first-order valence-corrected chi connectivity index (χ1v) is 10.5. The first-order chi connectivity index (χ1) is 14.0. The molecule has 0 aliphatic rings. The van der Waals surface area contributed by atoms with Crippen molar-refractivity contribution in [3.63, 3.8) is 0 Å². The first-order valence-electron chi connectivity index (χ1n) is 8.62. The van der Waals surface area contributed by atoms with Gasteiger partial charge in [0.15, 0.2) is 11.5 Å². The molecule has 0 saturated heterocycles. The Labute approximate surface area is 193 Å². The highest BCUT2D eigenvalue weighted by molar-refractivity contribution is 14.1. The largest absolute Gasteiger partial charge is 0.493 e. The van der Waals surface area contributed by atoms with E-state index in [2.05, 4.69) is 28.7 Å². The van der Waals surface area contributed by atoms with Gasteiger partial charge in [0, 0.05) is 10.0 Å². The molecule has 6 heteroatoms. The average molecular weight is 536 g/mol. The van der Waals surface area contributed by atoms with Crippen molar-refractivity contribution in [2.75, 3.05) is 7.11 Å². The van der Waals surface area contributed by atoms with E-state index in [0.29, 0.717) is 33.7 Å². The zero-order chi connectivity index (χ0) is 20.8. The molecule has 3 aromatic rings. The van der Waals surface area contributed by atoms with Crippen molar-refractivity contribution in [3.8, 4) is 17.6 Å². The van der Waals surface area contributed by atoms with Gasteiger partial charge in [-0.15, -0.1) is 0 Å². The van der Waals surface area contributed by atoms with Crippen LogP contribution in [-0.4, -0.2) is 7.11 Å². The van der Waals surface area contributed by atoms with Crippen molar-refractivity contribution in [1.29, 1.82) is 5.26 Å². The van der Waals surface area contributed by atoms with E-state index in [1.54, 1.807) is 19.2 Å². The van der Waals surface area contributed by atoms with Crippen LogP contribution in [0.4, 0.5) is 0 Å². The Bertz CT molecular complexity index is 1070. The summed E-state index contributed by atoms with van der Waals surface area (Å²) >= 11 is 14.1. The third-order valence-electron chi connectivity index (χ3n) is 4.13. The summed E-state index contributed by atoms with van der Waals surface area (Å²) < 4.78 is 12.4. The van der Waals surface area contributed by atoms with Gasteiger partial charge in [-0.3, -0.25) is 0 Å². The number of allylic oxidation sites excluding steroid dienone is 1. The lowest BCUT2D eigenvalue weighted by atomic mass is 10.0. The van der Waals surface area contributed by atoms with Crippen LogP contribution in [0.15, 0.2) is 60.7 Å². The van der Waals surface area contributed by atoms with Crippen LogP contribution in [0.3, 0.4) is 0 Å². The summed E-state index contributed by atoms with van der Waals surface area (Å²) in [5.74, 6) is 1.26. The molecule has 3 nitrogen and oxygen atoms in total. The summed E-state index contributed by atoms with van der Waals surface area (Å²) in [6.45, 7) is 0.396. The number of nitrogens with zero attached hydrogens (tertiary/aromatic N) is 1. The molecule has 0 unspecified atom stereocenters. The van der Waals surface area contributed by atoms with Gasteiger partial charge in [-0.05, 0) is 81.8 Å². The van der Waals surface area contributed by atoms with Crippen LogP contribution in [0.1, 0.15) is 16.7 Å². The second-order valence-electron chi connectivity index (χ2n) is 6.13. The molecule has 0 spiro atoms. The molecular formula is C23H16Cl2INO2. The van der Waals surface area contributed by atoms with Crippen LogP contribution in [0.25, 0.3) is 11.6 Å². The highest BCUT2D eigenvalue weighted by Gasteiger charge is 2.12. The Morgan fingerprint density at radius 2 is 1.66 bits per heavy atom. The van der Waals surface area contributed by atoms with Gasteiger partial charge in [0.2, 0.25) is 0 Å². The summed E-state index contributed by atoms with van der Waals surface area (Å²) in [6, 6.07) is 20.7. The molecule has 0 radical (unpaired) electrons. The molecule has 3 aromatic carbocycles. The van der Waals surface area contributed by atoms with Crippen molar-refractivity contribution in [2.24, 2.45) is 0 Å². The lowest BCUT2D eigenvalue weighted by Crippen LogP contribution is -2.00. The van der Waals surface area contributed by atoms with E-state index >= 15 is 0 Å². The minimum atomic E-state index is 0.396. The molecule has 0 saturated carbocycles. The van der Waals surface area contributed by atoms with Crippen LogP contribution in [-0.2, 0) is 6.61 Å². The maximum Gasteiger partial charge on any atom is 0.174 e. The standard InChI is InChI=1S/C23H16Cl2INO2/c1-28-22-12-16(10-18(13-27)17-4-8-20(25)9-5-17)11-21(26)23(22)29-14-15-2-6-19(24)7-3-15/h2-12H,14H2,1H3. The van der Waals surface area contributed by atoms with Gasteiger partial charge in [-0.25, -0.2) is 0 Å². The molecule has 0 fully saturated rings. The predicted octanol–water partition coefficient (Wildman–Crippen LogP) is 7.25. The van der Waals surface area contributed by atoms with Crippen molar-refractivity contribution >= 4 is 57.4 Å². The predicted molar refractivity (Wildman–Crippen MR) is 126 cm³/mol. The van der Waals surface area contributed by atoms with Crippen LogP contribution < -0.4 is 9.47 Å². The van der Waals surface area contributed by atoms with Gasteiger partial charge in [-0.1, -0.05) is 47.5 Å². The zero-order valence-electron chi connectivity index (χ0n) is 15.5. The number of ether oxygens (including phenoxy) is 2. The highest BCUT2D eigenvalue weighted by atomic mass is 127. The molecular weight excluding hydrogens is 520 g/mol. The number of halogens is 3. The molecule has 0 N–H and O–H groups in total. The highest BCUT2D eigenvalue weighted by Crippen LogP contribution is 2.35. The van der Waals surface area contributed by atoms with Gasteiger partial charge >= 0.3 is 0 Å². The van der Waals surface area contributed by atoms with Crippen LogP contribution in [0, 0.1) is 14.9 Å². The third kappa shape index (κ3) is 5.66. The number of nitriles is 1. The number of hydrogen-bond acceptors (Lipinski definition) is 3. The lowest BCUT2D eigenvalue weighted by Gasteiger charge is -2.14. The summed E-state index contributed by atoms with van der Waals surface area (Å²) in [5.41, 5.74) is 3.19. The van der Waals surface area contributed by atoms with Gasteiger partial charge in [0.25, 0.3) is 0 Å². The Morgan fingerprint density at radius 1 is 1.03 bits per heavy atom. The molecule has 0 atom stereocenters. The maximum absolute atomic E-state index is 9.57. The summed E-state index contributed by atoms with van der Waals surface area (Å²) in [5, 5.41) is 10.9. The Morgan fingerprint density at radius 3 is 2.24 bits per heavy atom. The molecule has 0 bridgehead atoms. The second-order valence-corrected chi connectivity index (χ2v) is 8.16. The van der Waals surface area contributed by atoms with E-state index in [4.69, 9.17) is 32.7 Å². The fourth-order valence-corrected chi connectivity index (χ4v) is 3.71. The van der Waals surface area contributed by atoms with E-state index in [1.807, 2.05) is 54.6 Å². The van der Waals surface area contributed by atoms with E-state index in [9.17, 15) is 5.26 Å². The minimum absolute atomic E-state index is 0.396. The van der Waals surface area contributed by atoms with Gasteiger partial charge in [0.1, 0.15) is 6.61 Å². The fourth-order valence-electron chi connectivity index (χ4n) is 2.68. The van der Waals surface area contributed by atoms with Crippen molar-refractivity contribution in [2.45, 2.75) is 6.61 Å². The Balaban J connectivity index is 1.88. The van der Waals surface area contributed by atoms with E-state index < -0.39 is 0 Å². The SMILES string of the molecule is COc1cc(C=C(C#N)c2ccc(Cl)cc2)cc(I)c1OCc1ccc(Cl)cc1. The molecule has 0 aliphatic carbocycles. The van der Waals surface area contributed by atoms with Crippen LogP contribution in [0.5, 0.6) is 11.5 Å². The first kappa shape index (κ1) is 21.5. The number of benzene rings is 3. The summed E-state index contributed by atoms with van der Waals surface area (Å²) in [7, 11) is 1.60. The van der Waals surface area contributed by atoms with Crippen molar-refractivity contribution in [1.82, 2.24) is 0 Å². The number of methoxy groups -OCH3 is 1. The maximum atomic E-state index is 9.57. The Hall–Kier alpha value is -2.20. The molecule has 0 amide bonds. The molecule has 29 heavy (non-hydrogen) atoms.